The molecule has 1 aliphatic rings. The molecule has 0 aromatic carbocycles. The Morgan fingerprint density at radius 1 is 1.33 bits per heavy atom. The Kier molecular flexibility index (Phi) is 7.36. The summed E-state index contributed by atoms with van der Waals surface area (Å²) in [4.78, 5) is 11.0. The van der Waals surface area contributed by atoms with Crippen LogP contribution in [0.3, 0.4) is 0 Å². The summed E-state index contributed by atoms with van der Waals surface area (Å²) in [5.41, 5.74) is 0. The van der Waals surface area contributed by atoms with Crippen LogP contribution in [0.1, 0.15) is 26.7 Å². The SMILES string of the molecule is CC.CNC(=O)C1CCSCC1. The zero-order valence-electron chi connectivity index (χ0n) is 8.22. The monoisotopic (exact) mass is 189 g/mol. The van der Waals surface area contributed by atoms with Crippen molar-refractivity contribution < 1.29 is 4.79 Å². The highest BCUT2D eigenvalue weighted by atomic mass is 32.2. The Labute approximate surface area is 79.5 Å². The van der Waals surface area contributed by atoms with Gasteiger partial charge in [-0.2, -0.15) is 11.8 Å². The molecule has 0 unspecified atom stereocenters. The van der Waals surface area contributed by atoms with Gasteiger partial charge in [0.25, 0.3) is 0 Å². The molecule has 12 heavy (non-hydrogen) atoms. The summed E-state index contributed by atoms with van der Waals surface area (Å²) in [5, 5.41) is 2.69. The normalized spacial score (nSPS) is 17.6. The third-order valence-corrected chi connectivity index (χ3v) is 2.89. The maximum atomic E-state index is 11.0. The molecule has 2 nitrogen and oxygen atoms in total. The van der Waals surface area contributed by atoms with E-state index in [1.807, 2.05) is 25.6 Å². The van der Waals surface area contributed by atoms with Gasteiger partial charge in [0.1, 0.15) is 0 Å². The fourth-order valence-corrected chi connectivity index (χ4v) is 2.27. The summed E-state index contributed by atoms with van der Waals surface area (Å²) in [6, 6.07) is 0. The van der Waals surface area contributed by atoms with E-state index in [2.05, 4.69) is 5.32 Å². The van der Waals surface area contributed by atoms with E-state index in [1.54, 1.807) is 7.05 Å². The number of nitrogens with one attached hydrogen (secondary N) is 1. The van der Waals surface area contributed by atoms with Crippen molar-refractivity contribution in [2.24, 2.45) is 5.92 Å². The van der Waals surface area contributed by atoms with Crippen LogP contribution >= 0.6 is 11.8 Å². The zero-order valence-corrected chi connectivity index (χ0v) is 9.04. The molecule has 1 amide bonds. The molecule has 1 saturated heterocycles. The van der Waals surface area contributed by atoms with Crippen LogP contribution < -0.4 is 5.32 Å². The fraction of sp³-hybridized carbons (Fsp3) is 0.889. The van der Waals surface area contributed by atoms with E-state index in [1.165, 1.54) is 0 Å². The lowest BCUT2D eigenvalue weighted by Crippen LogP contribution is -2.29. The van der Waals surface area contributed by atoms with Crippen molar-refractivity contribution in [1.82, 2.24) is 5.32 Å². The molecule has 0 aliphatic carbocycles. The fourth-order valence-electron chi connectivity index (χ4n) is 1.16. The third kappa shape index (κ3) is 4.00. The minimum atomic E-state index is 0.223. The number of rotatable bonds is 1. The third-order valence-electron chi connectivity index (χ3n) is 1.84. The highest BCUT2D eigenvalue weighted by Gasteiger charge is 2.19. The first-order valence-corrected chi connectivity index (χ1v) is 5.79. The van der Waals surface area contributed by atoms with Gasteiger partial charge in [0, 0.05) is 13.0 Å². The summed E-state index contributed by atoms with van der Waals surface area (Å²) >= 11 is 1.95. The van der Waals surface area contributed by atoms with Crippen molar-refractivity contribution >= 4 is 17.7 Å². The quantitative estimate of drug-likeness (QED) is 0.682. The summed E-state index contributed by atoms with van der Waals surface area (Å²) < 4.78 is 0. The lowest BCUT2D eigenvalue weighted by molar-refractivity contribution is -0.124. The van der Waals surface area contributed by atoms with Gasteiger partial charge >= 0.3 is 0 Å². The highest BCUT2D eigenvalue weighted by molar-refractivity contribution is 7.99. The standard InChI is InChI=1S/C7H13NOS.C2H6/c1-8-7(9)6-2-4-10-5-3-6;1-2/h6H,2-5H2,1H3,(H,8,9);1-2H3. The highest BCUT2D eigenvalue weighted by Crippen LogP contribution is 2.22. The molecule has 0 aromatic rings. The molecular formula is C9H19NOS. The van der Waals surface area contributed by atoms with Gasteiger partial charge < -0.3 is 5.32 Å². The van der Waals surface area contributed by atoms with E-state index in [-0.39, 0.29) is 5.91 Å². The van der Waals surface area contributed by atoms with Crippen molar-refractivity contribution in [1.29, 1.82) is 0 Å². The van der Waals surface area contributed by atoms with Gasteiger partial charge in [-0.05, 0) is 24.3 Å². The molecule has 1 fully saturated rings. The average molecular weight is 189 g/mol. The molecule has 0 saturated carbocycles. The molecule has 0 bridgehead atoms. The molecule has 3 heteroatoms. The van der Waals surface area contributed by atoms with Crippen LogP contribution in [0.15, 0.2) is 0 Å². The predicted molar refractivity (Wildman–Crippen MR) is 55.5 cm³/mol. The second-order valence-corrected chi connectivity index (χ2v) is 3.73. The van der Waals surface area contributed by atoms with Gasteiger partial charge in [-0.3, -0.25) is 4.79 Å². The second-order valence-electron chi connectivity index (χ2n) is 2.50. The Hall–Kier alpha value is -0.180. The minimum Gasteiger partial charge on any atom is -0.359 e. The molecule has 72 valence electrons. The lowest BCUT2D eigenvalue weighted by atomic mass is 10.0. The van der Waals surface area contributed by atoms with E-state index in [0.29, 0.717) is 5.92 Å². The topological polar surface area (TPSA) is 29.1 Å². The van der Waals surface area contributed by atoms with Crippen molar-refractivity contribution in [3.8, 4) is 0 Å². The number of hydrogen-bond acceptors (Lipinski definition) is 2. The Bertz CT molecular complexity index is 122. The van der Waals surface area contributed by atoms with Gasteiger partial charge in [0.2, 0.25) is 5.91 Å². The summed E-state index contributed by atoms with van der Waals surface area (Å²) in [5.74, 6) is 2.82. The first-order valence-electron chi connectivity index (χ1n) is 4.64. The van der Waals surface area contributed by atoms with E-state index in [0.717, 1.165) is 24.3 Å². The molecule has 0 aromatic heterocycles. The molecule has 1 N–H and O–H groups in total. The first-order chi connectivity index (χ1) is 5.84. The zero-order chi connectivity index (χ0) is 9.40. The predicted octanol–water partition coefficient (Wildman–Crippen LogP) is 1.90. The molecule has 1 heterocycles. The first kappa shape index (κ1) is 11.8. The van der Waals surface area contributed by atoms with Gasteiger partial charge in [0.15, 0.2) is 0 Å². The lowest BCUT2D eigenvalue weighted by Gasteiger charge is -2.19. The Balaban J connectivity index is 0.000000561. The Morgan fingerprint density at radius 3 is 2.25 bits per heavy atom. The van der Waals surface area contributed by atoms with Crippen molar-refractivity contribution in [3.05, 3.63) is 0 Å². The van der Waals surface area contributed by atoms with Crippen LogP contribution in [0, 0.1) is 5.92 Å². The maximum absolute atomic E-state index is 11.0. The van der Waals surface area contributed by atoms with Crippen molar-refractivity contribution in [2.45, 2.75) is 26.7 Å². The number of carbonyl (C=O) groups excluding carboxylic acids is 1. The van der Waals surface area contributed by atoms with Gasteiger partial charge in [-0.25, -0.2) is 0 Å². The Morgan fingerprint density at radius 2 is 1.83 bits per heavy atom. The number of amides is 1. The van der Waals surface area contributed by atoms with E-state index in [4.69, 9.17) is 0 Å². The molecular weight excluding hydrogens is 170 g/mol. The van der Waals surface area contributed by atoms with Crippen LogP contribution in [0.5, 0.6) is 0 Å². The van der Waals surface area contributed by atoms with Crippen LogP contribution in [-0.2, 0) is 4.79 Å². The van der Waals surface area contributed by atoms with Crippen LogP contribution in [0.4, 0.5) is 0 Å². The number of hydrogen-bond donors (Lipinski definition) is 1. The molecule has 1 rings (SSSR count). The van der Waals surface area contributed by atoms with Gasteiger partial charge in [-0.15, -0.1) is 0 Å². The summed E-state index contributed by atoms with van der Waals surface area (Å²) in [7, 11) is 1.71. The number of carbonyl (C=O) groups is 1. The summed E-state index contributed by atoms with van der Waals surface area (Å²) in [6.07, 6.45) is 2.12. The molecule has 0 radical (unpaired) electrons. The van der Waals surface area contributed by atoms with Gasteiger partial charge in [0.05, 0.1) is 0 Å². The van der Waals surface area contributed by atoms with Gasteiger partial charge in [-0.1, -0.05) is 13.8 Å². The summed E-state index contributed by atoms with van der Waals surface area (Å²) in [6.45, 7) is 4.00. The number of thioether (sulfide) groups is 1. The van der Waals surface area contributed by atoms with Crippen LogP contribution in [0.2, 0.25) is 0 Å². The van der Waals surface area contributed by atoms with Crippen molar-refractivity contribution in [3.63, 3.8) is 0 Å². The maximum Gasteiger partial charge on any atom is 0.222 e. The smallest absolute Gasteiger partial charge is 0.222 e. The average Bonchev–Trinajstić information content (AvgIpc) is 2.21. The molecule has 0 spiro atoms. The van der Waals surface area contributed by atoms with Crippen LogP contribution in [0.25, 0.3) is 0 Å². The second kappa shape index (κ2) is 7.47. The van der Waals surface area contributed by atoms with E-state index in [9.17, 15) is 4.79 Å². The van der Waals surface area contributed by atoms with Crippen molar-refractivity contribution in [2.75, 3.05) is 18.6 Å². The van der Waals surface area contributed by atoms with Crippen LogP contribution in [-0.4, -0.2) is 24.5 Å². The van der Waals surface area contributed by atoms with E-state index < -0.39 is 0 Å². The minimum absolute atomic E-state index is 0.223. The largest absolute Gasteiger partial charge is 0.359 e. The molecule has 0 atom stereocenters. The van der Waals surface area contributed by atoms with E-state index >= 15 is 0 Å². The molecule has 1 aliphatic heterocycles.